The molecule has 0 spiro atoms. The summed E-state index contributed by atoms with van der Waals surface area (Å²) in [5, 5.41) is 20.6. The number of aliphatic carboxylic acids is 1. The number of amides is 2. The van der Waals surface area contributed by atoms with E-state index in [-0.39, 0.29) is 6.42 Å². The van der Waals surface area contributed by atoms with Gasteiger partial charge in [-0.05, 0) is 43.7 Å². The lowest BCUT2D eigenvalue weighted by molar-refractivity contribution is -0.144. The maximum atomic E-state index is 12.3. The van der Waals surface area contributed by atoms with Crippen LogP contribution in [0.5, 0.6) is 0 Å². The third-order valence-corrected chi connectivity index (χ3v) is 5.75. The topological polar surface area (TPSA) is 129 Å². The summed E-state index contributed by atoms with van der Waals surface area (Å²) in [5.74, 6) is -0.111. The highest BCUT2D eigenvalue weighted by Crippen LogP contribution is 2.26. The zero-order valence-corrected chi connectivity index (χ0v) is 16.8. The van der Waals surface area contributed by atoms with Gasteiger partial charge in [-0.25, -0.2) is 14.8 Å². The van der Waals surface area contributed by atoms with Crippen LogP contribution in [-0.4, -0.2) is 44.1 Å². The molecular weight excluding hydrogens is 404 g/mol. The molecule has 0 saturated carbocycles. The molecule has 0 radical (unpaired) electrons. The Bertz CT molecular complexity index is 1050. The van der Waals surface area contributed by atoms with Crippen LogP contribution in [-0.2, 0) is 11.2 Å². The van der Waals surface area contributed by atoms with E-state index in [2.05, 4.69) is 30.9 Å². The van der Waals surface area contributed by atoms with Crippen molar-refractivity contribution in [3.05, 3.63) is 53.8 Å². The van der Waals surface area contributed by atoms with Crippen LogP contribution in [0.15, 0.2) is 48.1 Å². The second kappa shape index (κ2) is 8.56. The summed E-state index contributed by atoms with van der Waals surface area (Å²) < 4.78 is 0. The number of urea groups is 1. The molecule has 1 atom stereocenters. The van der Waals surface area contributed by atoms with Gasteiger partial charge in [-0.15, -0.1) is 11.3 Å². The molecule has 2 amide bonds. The molecule has 0 bridgehead atoms. The molecule has 3 aromatic heterocycles. The van der Waals surface area contributed by atoms with Gasteiger partial charge in [0.1, 0.15) is 22.2 Å². The van der Waals surface area contributed by atoms with Crippen LogP contribution in [0.2, 0.25) is 0 Å². The molecule has 3 aromatic rings. The minimum Gasteiger partial charge on any atom is -0.480 e. The van der Waals surface area contributed by atoms with Crippen molar-refractivity contribution in [3.63, 3.8) is 0 Å². The van der Waals surface area contributed by atoms with Gasteiger partial charge in [-0.3, -0.25) is 20.4 Å². The monoisotopic (exact) mass is 424 g/mol. The first-order chi connectivity index (χ1) is 14.5. The Kier molecular flexibility index (Phi) is 5.68. The largest absolute Gasteiger partial charge is 0.480 e. The fourth-order valence-electron chi connectivity index (χ4n) is 3.39. The van der Waals surface area contributed by atoms with Crippen LogP contribution in [0, 0.1) is 0 Å². The number of rotatable bonds is 6. The van der Waals surface area contributed by atoms with Gasteiger partial charge in [0, 0.05) is 35.5 Å². The normalized spacial score (nSPS) is 18.1. The molecule has 9 nitrogen and oxygen atoms in total. The second-order valence-electron chi connectivity index (χ2n) is 6.96. The average Bonchev–Trinajstić information content (AvgIpc) is 3.39. The van der Waals surface area contributed by atoms with Crippen LogP contribution in [0.25, 0.3) is 10.6 Å². The molecule has 1 saturated heterocycles. The third kappa shape index (κ3) is 4.44. The minimum absolute atomic E-state index is 0.251. The van der Waals surface area contributed by atoms with E-state index < -0.39 is 17.5 Å². The highest BCUT2D eigenvalue weighted by molar-refractivity contribution is 7.13. The quantitative estimate of drug-likeness (QED) is 0.479. The van der Waals surface area contributed by atoms with Crippen LogP contribution >= 0.6 is 11.3 Å². The molecule has 1 unspecified atom stereocenters. The molecule has 1 aliphatic rings. The zero-order chi connectivity index (χ0) is 21.0. The summed E-state index contributed by atoms with van der Waals surface area (Å²) in [6.07, 6.45) is 4.98. The Labute approximate surface area is 176 Å². The van der Waals surface area contributed by atoms with Gasteiger partial charge >= 0.3 is 12.0 Å². The van der Waals surface area contributed by atoms with E-state index in [1.165, 1.54) is 11.3 Å². The number of carboxylic acid groups (broad SMARTS) is 1. The van der Waals surface area contributed by atoms with Crippen molar-refractivity contribution in [1.29, 1.82) is 0 Å². The van der Waals surface area contributed by atoms with E-state index in [1.807, 2.05) is 12.1 Å². The molecule has 154 valence electrons. The molecule has 4 heterocycles. The summed E-state index contributed by atoms with van der Waals surface area (Å²) in [6, 6.07) is 8.38. The number of hydrogen-bond donors (Lipinski definition) is 4. The molecule has 4 rings (SSSR count). The Balaban J connectivity index is 1.40. The van der Waals surface area contributed by atoms with E-state index >= 15 is 0 Å². The summed E-state index contributed by atoms with van der Waals surface area (Å²) in [4.78, 5) is 36.8. The fourth-order valence-corrected chi connectivity index (χ4v) is 4.15. The highest BCUT2D eigenvalue weighted by atomic mass is 32.1. The second-order valence-corrected chi connectivity index (χ2v) is 7.82. The van der Waals surface area contributed by atoms with Gasteiger partial charge in [-0.1, -0.05) is 6.07 Å². The van der Waals surface area contributed by atoms with Gasteiger partial charge in [-0.2, -0.15) is 0 Å². The number of hydrogen-bond acceptors (Lipinski definition) is 7. The van der Waals surface area contributed by atoms with Crippen LogP contribution < -0.4 is 16.0 Å². The van der Waals surface area contributed by atoms with Crippen LogP contribution in [0.1, 0.15) is 18.5 Å². The lowest BCUT2D eigenvalue weighted by atomic mass is 9.91. The van der Waals surface area contributed by atoms with E-state index in [4.69, 9.17) is 0 Å². The maximum absolute atomic E-state index is 12.3. The van der Waals surface area contributed by atoms with Gasteiger partial charge in [0.15, 0.2) is 0 Å². The summed E-state index contributed by atoms with van der Waals surface area (Å²) in [5.41, 5.74) is 0.515. The number of aromatic nitrogens is 3. The standard InChI is InChI=1S/C20H20N6O3S/c27-18(28)20(7-2-8-22-20)11-14-3-1-4-15(23-14)25-19(29)26-16-12-30-17(24-16)13-5-9-21-10-6-13/h1,3-6,9-10,12,22H,2,7-8,11H2,(H,27,28)(H2,23,25,26,29). The molecule has 10 heteroatoms. The van der Waals surface area contributed by atoms with Crippen molar-refractivity contribution in [2.24, 2.45) is 0 Å². The maximum Gasteiger partial charge on any atom is 0.326 e. The summed E-state index contributed by atoms with van der Waals surface area (Å²) >= 11 is 1.41. The van der Waals surface area contributed by atoms with Crippen molar-refractivity contribution >= 4 is 35.0 Å². The van der Waals surface area contributed by atoms with E-state index in [1.54, 1.807) is 36.0 Å². The fraction of sp³-hybridized carbons (Fsp3) is 0.250. The number of nitrogens with one attached hydrogen (secondary N) is 3. The molecule has 1 fully saturated rings. The van der Waals surface area contributed by atoms with Gasteiger partial charge in [0.25, 0.3) is 0 Å². The van der Waals surface area contributed by atoms with Crippen LogP contribution in [0.4, 0.5) is 16.4 Å². The zero-order valence-electron chi connectivity index (χ0n) is 16.0. The first-order valence-corrected chi connectivity index (χ1v) is 10.3. The van der Waals surface area contributed by atoms with Crippen molar-refractivity contribution in [1.82, 2.24) is 20.3 Å². The number of pyridine rings is 2. The summed E-state index contributed by atoms with van der Waals surface area (Å²) in [6.45, 7) is 0.668. The number of nitrogens with zero attached hydrogens (tertiary/aromatic N) is 3. The molecule has 1 aliphatic heterocycles. The van der Waals surface area contributed by atoms with Gasteiger partial charge in [0.2, 0.25) is 0 Å². The van der Waals surface area contributed by atoms with Gasteiger partial charge < -0.3 is 10.4 Å². The Morgan fingerprint density at radius 2 is 1.93 bits per heavy atom. The molecular formula is C20H20N6O3S. The van der Waals surface area contributed by atoms with Gasteiger partial charge in [0.05, 0.1) is 0 Å². The molecule has 4 N–H and O–H groups in total. The third-order valence-electron chi connectivity index (χ3n) is 4.86. The lowest BCUT2D eigenvalue weighted by Gasteiger charge is -2.24. The predicted octanol–water partition coefficient (Wildman–Crippen LogP) is 2.99. The van der Waals surface area contributed by atoms with Crippen LogP contribution in [0.3, 0.4) is 0 Å². The Morgan fingerprint density at radius 1 is 1.13 bits per heavy atom. The smallest absolute Gasteiger partial charge is 0.326 e. The number of carboxylic acids is 1. The highest BCUT2D eigenvalue weighted by Gasteiger charge is 2.41. The SMILES string of the molecule is O=C(Nc1cccc(CC2(C(=O)O)CCCN2)n1)Nc1csc(-c2ccncc2)n1. The van der Waals surface area contributed by atoms with E-state index in [0.717, 1.165) is 17.0 Å². The van der Waals surface area contributed by atoms with E-state index in [0.29, 0.717) is 30.3 Å². The number of carbonyl (C=O) groups is 2. The number of anilines is 2. The first-order valence-electron chi connectivity index (χ1n) is 9.42. The van der Waals surface area contributed by atoms with Crippen molar-refractivity contribution in [2.75, 3.05) is 17.2 Å². The van der Waals surface area contributed by atoms with Crippen molar-refractivity contribution in [2.45, 2.75) is 24.8 Å². The molecule has 30 heavy (non-hydrogen) atoms. The van der Waals surface area contributed by atoms with Crippen molar-refractivity contribution < 1.29 is 14.7 Å². The number of thiazole rings is 1. The Hall–Kier alpha value is -3.37. The molecule has 0 aliphatic carbocycles. The van der Waals surface area contributed by atoms with E-state index in [9.17, 15) is 14.7 Å². The Morgan fingerprint density at radius 3 is 2.67 bits per heavy atom. The lowest BCUT2D eigenvalue weighted by Crippen LogP contribution is -2.49. The number of carbonyl (C=O) groups excluding carboxylic acids is 1. The first kappa shape index (κ1) is 19.9. The summed E-state index contributed by atoms with van der Waals surface area (Å²) in [7, 11) is 0. The average molecular weight is 424 g/mol. The van der Waals surface area contributed by atoms with Crippen molar-refractivity contribution in [3.8, 4) is 10.6 Å². The predicted molar refractivity (Wildman–Crippen MR) is 114 cm³/mol. The molecule has 0 aromatic carbocycles. The minimum atomic E-state index is -1.00.